The zero-order valence-electron chi connectivity index (χ0n) is 16.8. The molecule has 5 rings (SSSR count). The average Bonchev–Trinajstić information content (AvgIpc) is 3.24. The lowest BCUT2D eigenvalue weighted by Crippen LogP contribution is -2.49. The number of nitrogens with zero attached hydrogens (tertiary/aromatic N) is 3. The number of hydrogen-bond donors (Lipinski definition) is 1. The monoisotopic (exact) mass is 404 g/mol. The fourth-order valence-corrected chi connectivity index (χ4v) is 4.21. The molecule has 1 aliphatic carbocycles. The van der Waals surface area contributed by atoms with Gasteiger partial charge in [-0.25, -0.2) is 4.79 Å². The normalized spacial score (nSPS) is 17.2. The number of furan rings is 1. The van der Waals surface area contributed by atoms with Crippen molar-refractivity contribution in [2.45, 2.75) is 31.8 Å². The van der Waals surface area contributed by atoms with Crippen molar-refractivity contribution < 1.29 is 14.0 Å². The van der Waals surface area contributed by atoms with Crippen LogP contribution in [0.3, 0.4) is 0 Å². The molecule has 3 aromatic rings. The maximum absolute atomic E-state index is 13.7. The highest BCUT2D eigenvalue weighted by molar-refractivity contribution is 6.00. The molecule has 1 N–H and O–H groups in total. The number of aromatic nitrogens is 1. The third-order valence-corrected chi connectivity index (χ3v) is 5.68. The van der Waals surface area contributed by atoms with Gasteiger partial charge in [0.05, 0.1) is 23.3 Å². The molecule has 1 aliphatic heterocycles. The van der Waals surface area contributed by atoms with E-state index in [2.05, 4.69) is 9.88 Å². The van der Waals surface area contributed by atoms with E-state index in [0.717, 1.165) is 29.9 Å². The van der Waals surface area contributed by atoms with Crippen LogP contribution in [-0.2, 0) is 4.79 Å². The van der Waals surface area contributed by atoms with Gasteiger partial charge < -0.3 is 19.2 Å². The number of fused-ring (bicyclic) bond motifs is 3. The topological polar surface area (TPSA) is 70.7 Å². The number of carbonyl (C=O) groups is 2. The maximum atomic E-state index is 13.7. The van der Waals surface area contributed by atoms with Crippen LogP contribution >= 0.6 is 0 Å². The Hall–Kier alpha value is -3.48. The number of carbonyl (C=O) groups excluding carboxylic acids is 2. The van der Waals surface area contributed by atoms with Gasteiger partial charge >= 0.3 is 6.03 Å². The summed E-state index contributed by atoms with van der Waals surface area (Å²) in [5.74, 6) is 0.559. The van der Waals surface area contributed by atoms with E-state index in [4.69, 9.17) is 4.42 Å². The largest absolute Gasteiger partial charge is 0.467 e. The molecule has 3 heterocycles. The van der Waals surface area contributed by atoms with Gasteiger partial charge in [0, 0.05) is 18.8 Å². The van der Waals surface area contributed by atoms with Crippen LogP contribution in [0.4, 0.5) is 10.5 Å². The Bertz CT molecular complexity index is 1070. The van der Waals surface area contributed by atoms with Crippen LogP contribution in [0, 0.1) is 0 Å². The quantitative estimate of drug-likeness (QED) is 0.705. The first kappa shape index (κ1) is 18.5. The lowest BCUT2D eigenvalue weighted by Gasteiger charge is -2.38. The van der Waals surface area contributed by atoms with E-state index < -0.39 is 6.04 Å². The summed E-state index contributed by atoms with van der Waals surface area (Å²) in [6, 6.07) is 15.1. The molecule has 0 radical (unpaired) electrons. The predicted molar refractivity (Wildman–Crippen MR) is 113 cm³/mol. The summed E-state index contributed by atoms with van der Waals surface area (Å²) in [5, 5.41) is 2.84. The van der Waals surface area contributed by atoms with Crippen molar-refractivity contribution in [2.24, 2.45) is 0 Å². The number of rotatable bonds is 5. The number of benzene rings is 1. The van der Waals surface area contributed by atoms with Crippen molar-refractivity contribution in [3.05, 3.63) is 72.4 Å². The van der Waals surface area contributed by atoms with Gasteiger partial charge in [-0.3, -0.25) is 9.69 Å². The number of hydrogen-bond acceptors (Lipinski definition) is 3. The molecule has 7 nitrogen and oxygen atoms in total. The van der Waals surface area contributed by atoms with Crippen LogP contribution in [-0.4, -0.2) is 40.5 Å². The van der Waals surface area contributed by atoms with E-state index in [1.165, 1.54) is 0 Å². The van der Waals surface area contributed by atoms with E-state index in [-0.39, 0.29) is 24.5 Å². The molecule has 1 atom stereocenters. The molecule has 30 heavy (non-hydrogen) atoms. The Morgan fingerprint density at radius 1 is 1.10 bits per heavy atom. The molecular weight excluding hydrogens is 380 g/mol. The summed E-state index contributed by atoms with van der Waals surface area (Å²) < 4.78 is 7.84. The highest BCUT2D eigenvalue weighted by Crippen LogP contribution is 2.42. The minimum absolute atomic E-state index is 0.0305. The van der Waals surface area contributed by atoms with E-state index in [9.17, 15) is 9.59 Å². The number of urea groups is 1. The second-order valence-corrected chi connectivity index (χ2v) is 7.67. The van der Waals surface area contributed by atoms with E-state index in [0.29, 0.717) is 12.3 Å². The molecule has 2 aliphatic rings. The summed E-state index contributed by atoms with van der Waals surface area (Å²) in [4.78, 5) is 29.7. The van der Waals surface area contributed by atoms with Crippen LogP contribution in [0.2, 0.25) is 0 Å². The summed E-state index contributed by atoms with van der Waals surface area (Å²) in [7, 11) is 0. The van der Waals surface area contributed by atoms with Gasteiger partial charge in [0.2, 0.25) is 5.91 Å². The summed E-state index contributed by atoms with van der Waals surface area (Å²) in [6.07, 6.45) is 5.49. The van der Waals surface area contributed by atoms with Gasteiger partial charge in [0.1, 0.15) is 18.3 Å². The number of para-hydroxylation sites is 2. The standard InChI is InChI=1S/C23H24N4O3/c1-2-24-23(29)26(16-11-12-16)15-21(28)27-18-8-4-3-7-17(18)25-13-5-9-19(25)22(27)20-10-6-14-30-20/h3-10,13-14,16,22H,2,11-12,15H2,1H3,(H,24,29). The SMILES string of the molecule is CCNC(=O)N(CC(=O)N1c2ccccc2-n2cccc2C1c1ccco1)C1CC1. The number of amides is 3. The average molecular weight is 404 g/mol. The molecule has 0 spiro atoms. The van der Waals surface area contributed by atoms with Crippen molar-refractivity contribution in [3.8, 4) is 5.69 Å². The zero-order chi connectivity index (χ0) is 20.7. The Morgan fingerprint density at radius 3 is 2.60 bits per heavy atom. The fourth-order valence-electron chi connectivity index (χ4n) is 4.21. The highest BCUT2D eigenvalue weighted by atomic mass is 16.3. The van der Waals surface area contributed by atoms with Crippen LogP contribution in [0.1, 0.15) is 37.3 Å². The molecule has 1 saturated carbocycles. The minimum Gasteiger partial charge on any atom is -0.467 e. The molecule has 0 bridgehead atoms. The van der Waals surface area contributed by atoms with Gasteiger partial charge in [-0.15, -0.1) is 0 Å². The number of anilines is 1. The smallest absolute Gasteiger partial charge is 0.318 e. The zero-order valence-corrected chi connectivity index (χ0v) is 16.8. The van der Waals surface area contributed by atoms with Gasteiger partial charge in [-0.2, -0.15) is 0 Å². The molecular formula is C23H24N4O3. The molecule has 7 heteroatoms. The van der Waals surface area contributed by atoms with Crippen LogP contribution in [0.15, 0.2) is 65.4 Å². The first-order valence-electron chi connectivity index (χ1n) is 10.4. The minimum atomic E-state index is -0.396. The van der Waals surface area contributed by atoms with Crippen LogP contribution < -0.4 is 10.2 Å². The molecule has 2 aromatic heterocycles. The van der Waals surface area contributed by atoms with Gasteiger partial charge in [0.25, 0.3) is 0 Å². The predicted octanol–water partition coefficient (Wildman–Crippen LogP) is 3.70. The van der Waals surface area contributed by atoms with Crippen LogP contribution in [0.25, 0.3) is 5.69 Å². The Balaban J connectivity index is 1.56. The fraction of sp³-hybridized carbons (Fsp3) is 0.304. The van der Waals surface area contributed by atoms with E-state index >= 15 is 0 Å². The lowest BCUT2D eigenvalue weighted by atomic mass is 10.0. The molecule has 154 valence electrons. The van der Waals surface area contributed by atoms with Crippen molar-refractivity contribution in [1.82, 2.24) is 14.8 Å². The van der Waals surface area contributed by atoms with Crippen molar-refractivity contribution in [2.75, 3.05) is 18.0 Å². The van der Waals surface area contributed by atoms with Crippen molar-refractivity contribution in [3.63, 3.8) is 0 Å². The number of nitrogens with one attached hydrogen (secondary N) is 1. The van der Waals surface area contributed by atoms with Gasteiger partial charge in [0.15, 0.2) is 0 Å². The molecule has 0 saturated heterocycles. The summed E-state index contributed by atoms with van der Waals surface area (Å²) >= 11 is 0. The third-order valence-electron chi connectivity index (χ3n) is 5.68. The second-order valence-electron chi connectivity index (χ2n) is 7.67. The second kappa shape index (κ2) is 7.40. The van der Waals surface area contributed by atoms with E-state index in [1.54, 1.807) is 16.1 Å². The lowest BCUT2D eigenvalue weighted by molar-refractivity contribution is -0.119. The summed E-state index contributed by atoms with van der Waals surface area (Å²) in [5.41, 5.74) is 2.69. The molecule has 1 unspecified atom stereocenters. The molecule has 1 aromatic carbocycles. The Kier molecular flexibility index (Phi) is 4.58. The van der Waals surface area contributed by atoms with Gasteiger partial charge in [-0.05, 0) is 56.2 Å². The third kappa shape index (κ3) is 3.07. The summed E-state index contributed by atoms with van der Waals surface area (Å²) in [6.45, 7) is 2.45. The molecule has 1 fully saturated rings. The Labute approximate surface area is 174 Å². The van der Waals surface area contributed by atoms with Crippen molar-refractivity contribution in [1.29, 1.82) is 0 Å². The first-order chi connectivity index (χ1) is 14.7. The first-order valence-corrected chi connectivity index (χ1v) is 10.4. The van der Waals surface area contributed by atoms with Gasteiger partial charge in [-0.1, -0.05) is 12.1 Å². The van der Waals surface area contributed by atoms with Crippen LogP contribution in [0.5, 0.6) is 0 Å². The van der Waals surface area contributed by atoms with E-state index in [1.807, 2.05) is 61.7 Å². The van der Waals surface area contributed by atoms with Crippen molar-refractivity contribution >= 4 is 17.6 Å². The molecule has 3 amide bonds. The maximum Gasteiger partial charge on any atom is 0.318 e. The Morgan fingerprint density at radius 2 is 1.90 bits per heavy atom. The highest BCUT2D eigenvalue weighted by Gasteiger charge is 2.40.